The van der Waals surface area contributed by atoms with Crippen LogP contribution in [-0.4, -0.2) is 44.9 Å². The number of benzene rings is 2. The van der Waals surface area contributed by atoms with Gasteiger partial charge in [0.1, 0.15) is 23.8 Å². The molecule has 0 aliphatic rings. The van der Waals surface area contributed by atoms with Crippen molar-refractivity contribution in [2.24, 2.45) is 0 Å². The summed E-state index contributed by atoms with van der Waals surface area (Å²) in [6.07, 6.45) is -2.00. The number of hydrogen-bond acceptors (Lipinski definition) is 4. The average Bonchev–Trinajstić information content (AvgIpc) is 2.70. The number of nitrogens with zero attached hydrogens (tertiary/aromatic N) is 1. The van der Waals surface area contributed by atoms with E-state index in [4.69, 9.17) is 14.2 Å². The predicted octanol–water partition coefficient (Wildman–Crippen LogP) is 4.32. The summed E-state index contributed by atoms with van der Waals surface area (Å²) in [5.74, 6) is 0.818. The third-order valence-corrected chi connectivity index (χ3v) is 4.01. The molecule has 2 aromatic rings. The number of hydrogen-bond donors (Lipinski definition) is 0. The van der Waals surface area contributed by atoms with Gasteiger partial charge in [0.25, 0.3) is 0 Å². The van der Waals surface area contributed by atoms with Crippen LogP contribution in [0.3, 0.4) is 0 Å². The second-order valence-corrected chi connectivity index (χ2v) is 6.14. The van der Waals surface area contributed by atoms with Crippen molar-refractivity contribution >= 4 is 12.0 Å². The molecule has 0 unspecified atom stereocenters. The molecular weight excluding hydrogens is 387 g/mol. The van der Waals surface area contributed by atoms with Crippen molar-refractivity contribution in [1.29, 1.82) is 0 Å². The lowest BCUT2D eigenvalue weighted by atomic mass is 10.1. The fraction of sp³-hybridized carbons (Fsp3) is 0.286. The Bertz CT molecular complexity index is 826. The standard InChI is InChI=1S/C21H22F3NO4/c1-27-17-7-4-15(5-8-17)13-25(14-21(22,23)24)20(26)9-6-16-10-18(28-2)12-19(11-16)29-3/h4-12H,13-14H2,1-3H3/b9-6+. The molecule has 0 aliphatic heterocycles. The first-order valence-electron chi connectivity index (χ1n) is 8.64. The van der Waals surface area contributed by atoms with Crippen molar-refractivity contribution in [3.05, 3.63) is 59.7 Å². The van der Waals surface area contributed by atoms with Crippen LogP contribution in [0.25, 0.3) is 6.08 Å². The molecule has 0 atom stereocenters. The van der Waals surface area contributed by atoms with E-state index in [1.807, 2.05) is 0 Å². The summed E-state index contributed by atoms with van der Waals surface area (Å²) in [6.45, 7) is -1.54. The van der Waals surface area contributed by atoms with Gasteiger partial charge in [-0.3, -0.25) is 4.79 Å². The van der Waals surface area contributed by atoms with Crippen molar-refractivity contribution in [2.75, 3.05) is 27.9 Å². The Labute approximate surface area is 167 Å². The number of rotatable bonds is 8. The van der Waals surface area contributed by atoms with Crippen molar-refractivity contribution in [3.8, 4) is 17.2 Å². The van der Waals surface area contributed by atoms with Crippen LogP contribution in [-0.2, 0) is 11.3 Å². The Kier molecular flexibility index (Phi) is 7.52. The molecule has 156 valence electrons. The van der Waals surface area contributed by atoms with Crippen LogP contribution in [0.4, 0.5) is 13.2 Å². The predicted molar refractivity (Wildman–Crippen MR) is 103 cm³/mol. The minimum absolute atomic E-state index is 0.186. The molecule has 0 bridgehead atoms. The maximum atomic E-state index is 13.0. The van der Waals surface area contributed by atoms with Gasteiger partial charge in [0, 0.05) is 18.7 Å². The van der Waals surface area contributed by atoms with E-state index in [1.54, 1.807) is 42.5 Å². The molecule has 0 saturated carbocycles. The van der Waals surface area contributed by atoms with E-state index in [1.165, 1.54) is 27.4 Å². The number of carbonyl (C=O) groups excluding carboxylic acids is 1. The summed E-state index contributed by atoms with van der Waals surface area (Å²) in [6, 6.07) is 11.4. The number of ether oxygens (including phenoxy) is 3. The molecule has 29 heavy (non-hydrogen) atoms. The molecule has 8 heteroatoms. The van der Waals surface area contributed by atoms with Gasteiger partial charge in [-0.2, -0.15) is 13.2 Å². The van der Waals surface area contributed by atoms with Gasteiger partial charge in [0.15, 0.2) is 0 Å². The summed E-state index contributed by atoms with van der Waals surface area (Å²) >= 11 is 0. The molecule has 0 heterocycles. The number of carbonyl (C=O) groups is 1. The van der Waals surface area contributed by atoms with Crippen LogP contribution in [0.5, 0.6) is 17.2 Å². The molecule has 0 radical (unpaired) electrons. The van der Waals surface area contributed by atoms with Crippen LogP contribution in [0.15, 0.2) is 48.5 Å². The van der Waals surface area contributed by atoms with Crippen LogP contribution in [0.1, 0.15) is 11.1 Å². The Morgan fingerprint density at radius 2 is 1.48 bits per heavy atom. The number of alkyl halides is 3. The lowest BCUT2D eigenvalue weighted by molar-refractivity contribution is -0.159. The highest BCUT2D eigenvalue weighted by atomic mass is 19.4. The minimum atomic E-state index is -4.52. The minimum Gasteiger partial charge on any atom is -0.497 e. The van der Waals surface area contributed by atoms with E-state index >= 15 is 0 Å². The van der Waals surface area contributed by atoms with E-state index in [-0.39, 0.29) is 6.54 Å². The van der Waals surface area contributed by atoms with Crippen LogP contribution in [0, 0.1) is 0 Å². The van der Waals surface area contributed by atoms with E-state index in [2.05, 4.69) is 0 Å². The van der Waals surface area contributed by atoms with Crippen LogP contribution < -0.4 is 14.2 Å². The Balaban J connectivity index is 2.21. The highest BCUT2D eigenvalue weighted by Crippen LogP contribution is 2.24. The Morgan fingerprint density at radius 1 is 0.931 bits per heavy atom. The Morgan fingerprint density at radius 3 is 1.97 bits per heavy atom. The van der Waals surface area contributed by atoms with Crippen molar-refractivity contribution in [2.45, 2.75) is 12.7 Å². The maximum absolute atomic E-state index is 13.0. The first-order valence-corrected chi connectivity index (χ1v) is 8.64. The van der Waals surface area contributed by atoms with Gasteiger partial charge >= 0.3 is 6.18 Å². The molecule has 2 aromatic carbocycles. The van der Waals surface area contributed by atoms with Gasteiger partial charge < -0.3 is 19.1 Å². The van der Waals surface area contributed by atoms with E-state index < -0.39 is 18.6 Å². The first-order chi connectivity index (χ1) is 13.7. The molecule has 0 N–H and O–H groups in total. The van der Waals surface area contributed by atoms with E-state index in [0.717, 1.165) is 11.0 Å². The Hall–Kier alpha value is -3.16. The molecule has 0 saturated heterocycles. The maximum Gasteiger partial charge on any atom is 0.406 e. The fourth-order valence-electron chi connectivity index (χ4n) is 2.58. The summed E-state index contributed by atoms with van der Waals surface area (Å²) in [7, 11) is 4.45. The molecule has 0 spiro atoms. The SMILES string of the molecule is COc1ccc(CN(CC(F)(F)F)C(=O)/C=C/c2cc(OC)cc(OC)c2)cc1. The van der Waals surface area contributed by atoms with Gasteiger partial charge in [-0.1, -0.05) is 12.1 Å². The van der Waals surface area contributed by atoms with Gasteiger partial charge in [-0.15, -0.1) is 0 Å². The largest absolute Gasteiger partial charge is 0.497 e. The zero-order chi connectivity index (χ0) is 21.4. The van der Waals surface area contributed by atoms with Crippen molar-refractivity contribution in [1.82, 2.24) is 4.90 Å². The zero-order valence-corrected chi connectivity index (χ0v) is 16.3. The normalized spacial score (nSPS) is 11.4. The van der Waals surface area contributed by atoms with Gasteiger partial charge in [-0.25, -0.2) is 0 Å². The monoisotopic (exact) mass is 409 g/mol. The third kappa shape index (κ3) is 7.06. The number of amides is 1. The summed E-state index contributed by atoms with van der Waals surface area (Å²) in [5, 5.41) is 0. The molecule has 0 fully saturated rings. The van der Waals surface area contributed by atoms with Crippen LogP contribution >= 0.6 is 0 Å². The molecule has 5 nitrogen and oxygen atoms in total. The van der Waals surface area contributed by atoms with E-state index in [9.17, 15) is 18.0 Å². The molecule has 2 rings (SSSR count). The highest BCUT2D eigenvalue weighted by Gasteiger charge is 2.32. The quantitative estimate of drug-likeness (QED) is 0.610. The molecular formula is C21H22F3NO4. The van der Waals surface area contributed by atoms with Crippen molar-refractivity contribution < 1.29 is 32.2 Å². The lowest BCUT2D eigenvalue weighted by Gasteiger charge is -2.23. The van der Waals surface area contributed by atoms with Gasteiger partial charge in [0.05, 0.1) is 21.3 Å². The lowest BCUT2D eigenvalue weighted by Crippen LogP contribution is -2.37. The topological polar surface area (TPSA) is 48.0 Å². The van der Waals surface area contributed by atoms with E-state index in [0.29, 0.717) is 28.4 Å². The third-order valence-electron chi connectivity index (χ3n) is 4.01. The van der Waals surface area contributed by atoms with Crippen molar-refractivity contribution in [3.63, 3.8) is 0 Å². The number of halogens is 3. The van der Waals surface area contributed by atoms with Gasteiger partial charge in [-0.05, 0) is 41.5 Å². The summed E-state index contributed by atoms with van der Waals surface area (Å²) in [4.78, 5) is 13.2. The number of methoxy groups -OCH3 is 3. The second-order valence-electron chi connectivity index (χ2n) is 6.14. The highest BCUT2D eigenvalue weighted by molar-refractivity contribution is 5.92. The summed E-state index contributed by atoms with van der Waals surface area (Å²) < 4.78 is 54.3. The zero-order valence-electron chi connectivity index (χ0n) is 16.3. The second kappa shape index (κ2) is 9.86. The summed E-state index contributed by atoms with van der Waals surface area (Å²) in [5.41, 5.74) is 1.12. The average molecular weight is 409 g/mol. The molecule has 0 aliphatic carbocycles. The fourth-order valence-corrected chi connectivity index (χ4v) is 2.58. The van der Waals surface area contributed by atoms with Crippen LogP contribution in [0.2, 0.25) is 0 Å². The molecule has 0 aromatic heterocycles. The van der Waals surface area contributed by atoms with Gasteiger partial charge in [0.2, 0.25) is 5.91 Å². The smallest absolute Gasteiger partial charge is 0.406 e. The molecule has 1 amide bonds. The first kappa shape index (κ1) is 22.1.